The van der Waals surface area contributed by atoms with Crippen LogP contribution in [0.4, 0.5) is 0 Å². The standard InChI is InChI=1S/C20H24N4O2/c1-5-10-21-18(25)14-11-13-8-6-7-9-15(13)22-16(14)17-23-19(26)20(4,24-17)12(2)3/h6-9,11-12H,5,10H2,1-4H3,(H,21,25)(H,23,24,26). The minimum atomic E-state index is -0.861. The highest BCUT2D eigenvalue weighted by Gasteiger charge is 2.43. The SMILES string of the molecule is CCCNC(=O)c1cc2ccccc2nc1C1=NC(C)(C(C)C)C(=O)N1. The van der Waals surface area contributed by atoms with Gasteiger partial charge in [-0.1, -0.05) is 39.0 Å². The van der Waals surface area contributed by atoms with Crippen LogP contribution in [0.5, 0.6) is 0 Å². The molecule has 1 aromatic carbocycles. The minimum absolute atomic E-state index is 0.0258. The number of amides is 2. The van der Waals surface area contributed by atoms with Gasteiger partial charge in [0.2, 0.25) is 0 Å². The molecule has 136 valence electrons. The first kappa shape index (κ1) is 18.0. The summed E-state index contributed by atoms with van der Waals surface area (Å²) in [7, 11) is 0. The number of nitrogens with zero attached hydrogens (tertiary/aromatic N) is 2. The van der Waals surface area contributed by atoms with E-state index in [0.29, 0.717) is 23.6 Å². The number of carbonyl (C=O) groups is 2. The Bertz CT molecular complexity index is 904. The molecule has 1 aliphatic heterocycles. The summed E-state index contributed by atoms with van der Waals surface area (Å²) in [6.07, 6.45) is 0.838. The summed E-state index contributed by atoms with van der Waals surface area (Å²) < 4.78 is 0. The smallest absolute Gasteiger partial charge is 0.253 e. The molecule has 6 nitrogen and oxygen atoms in total. The summed E-state index contributed by atoms with van der Waals surface area (Å²) in [5, 5.41) is 6.58. The van der Waals surface area contributed by atoms with E-state index >= 15 is 0 Å². The molecular formula is C20H24N4O2. The van der Waals surface area contributed by atoms with E-state index in [0.717, 1.165) is 17.3 Å². The van der Waals surface area contributed by atoms with Gasteiger partial charge in [-0.15, -0.1) is 0 Å². The molecule has 2 amide bonds. The second-order valence-corrected chi connectivity index (χ2v) is 7.05. The fourth-order valence-corrected chi connectivity index (χ4v) is 2.85. The fourth-order valence-electron chi connectivity index (χ4n) is 2.85. The first-order valence-electron chi connectivity index (χ1n) is 8.96. The third-order valence-corrected chi connectivity index (χ3v) is 4.89. The lowest BCUT2D eigenvalue weighted by Crippen LogP contribution is -2.41. The molecule has 6 heteroatoms. The van der Waals surface area contributed by atoms with E-state index in [4.69, 9.17) is 0 Å². The Morgan fingerprint density at radius 3 is 2.69 bits per heavy atom. The molecular weight excluding hydrogens is 328 g/mol. The topological polar surface area (TPSA) is 83.5 Å². The van der Waals surface area contributed by atoms with E-state index in [1.165, 1.54) is 0 Å². The molecule has 2 N–H and O–H groups in total. The molecule has 0 aliphatic carbocycles. The van der Waals surface area contributed by atoms with E-state index in [-0.39, 0.29) is 17.7 Å². The van der Waals surface area contributed by atoms with Crippen molar-refractivity contribution >= 4 is 28.6 Å². The molecule has 0 radical (unpaired) electrons. The molecule has 0 fully saturated rings. The second-order valence-electron chi connectivity index (χ2n) is 7.05. The number of hydrogen-bond donors (Lipinski definition) is 2. The maximum Gasteiger partial charge on any atom is 0.253 e. The first-order chi connectivity index (χ1) is 12.4. The number of pyridine rings is 1. The highest BCUT2D eigenvalue weighted by atomic mass is 16.2. The van der Waals surface area contributed by atoms with Crippen molar-refractivity contribution in [3.63, 3.8) is 0 Å². The van der Waals surface area contributed by atoms with Crippen LogP contribution in [0.3, 0.4) is 0 Å². The summed E-state index contributed by atoms with van der Waals surface area (Å²) in [4.78, 5) is 34.4. The van der Waals surface area contributed by atoms with E-state index in [1.807, 2.05) is 51.1 Å². The molecule has 1 atom stereocenters. The molecule has 0 saturated heterocycles. The van der Waals surface area contributed by atoms with Crippen LogP contribution in [0.1, 0.15) is 50.2 Å². The molecule has 0 spiro atoms. The third kappa shape index (κ3) is 3.07. The second kappa shape index (κ2) is 6.86. The molecule has 1 aliphatic rings. The molecule has 2 heterocycles. The van der Waals surface area contributed by atoms with Crippen LogP contribution in [-0.4, -0.2) is 34.7 Å². The zero-order valence-electron chi connectivity index (χ0n) is 15.6. The van der Waals surface area contributed by atoms with Crippen LogP contribution in [-0.2, 0) is 4.79 Å². The maximum atomic E-state index is 12.7. The monoisotopic (exact) mass is 352 g/mol. The molecule has 0 bridgehead atoms. The minimum Gasteiger partial charge on any atom is -0.352 e. The van der Waals surface area contributed by atoms with Gasteiger partial charge in [0.1, 0.15) is 11.2 Å². The molecule has 0 saturated carbocycles. The van der Waals surface area contributed by atoms with Crippen LogP contribution in [0, 0.1) is 5.92 Å². The van der Waals surface area contributed by atoms with Gasteiger partial charge in [-0.05, 0) is 31.4 Å². The van der Waals surface area contributed by atoms with Crippen molar-refractivity contribution in [1.82, 2.24) is 15.6 Å². The van der Waals surface area contributed by atoms with E-state index in [1.54, 1.807) is 6.92 Å². The lowest BCUT2D eigenvalue weighted by atomic mass is 9.89. The normalized spacial score (nSPS) is 19.6. The maximum absolute atomic E-state index is 12.7. The quantitative estimate of drug-likeness (QED) is 0.868. The Labute approximate surface area is 153 Å². The lowest BCUT2D eigenvalue weighted by Gasteiger charge is -2.21. The van der Waals surface area contributed by atoms with Gasteiger partial charge in [0, 0.05) is 11.9 Å². The van der Waals surface area contributed by atoms with Crippen molar-refractivity contribution in [3.05, 3.63) is 41.6 Å². The van der Waals surface area contributed by atoms with E-state index in [2.05, 4.69) is 20.6 Å². The predicted octanol–water partition coefficient (Wildman–Crippen LogP) is 2.67. The van der Waals surface area contributed by atoms with Crippen LogP contribution in [0.15, 0.2) is 35.3 Å². The Kier molecular flexibility index (Phi) is 4.76. The van der Waals surface area contributed by atoms with Crippen molar-refractivity contribution in [2.75, 3.05) is 6.54 Å². The Hall–Kier alpha value is -2.76. The van der Waals surface area contributed by atoms with Gasteiger partial charge >= 0.3 is 0 Å². The highest BCUT2D eigenvalue weighted by molar-refractivity contribution is 6.18. The van der Waals surface area contributed by atoms with Gasteiger partial charge in [-0.2, -0.15) is 0 Å². The van der Waals surface area contributed by atoms with Gasteiger partial charge in [0.05, 0.1) is 11.1 Å². The Balaban J connectivity index is 2.15. The van der Waals surface area contributed by atoms with Crippen molar-refractivity contribution < 1.29 is 9.59 Å². The number of hydrogen-bond acceptors (Lipinski definition) is 4. The van der Waals surface area contributed by atoms with Gasteiger partial charge in [-0.25, -0.2) is 9.98 Å². The molecule has 2 aromatic rings. The largest absolute Gasteiger partial charge is 0.352 e. The number of fused-ring (bicyclic) bond motifs is 1. The highest BCUT2D eigenvalue weighted by Crippen LogP contribution is 2.28. The van der Waals surface area contributed by atoms with Gasteiger partial charge in [0.25, 0.3) is 11.8 Å². The average molecular weight is 352 g/mol. The molecule has 26 heavy (non-hydrogen) atoms. The van der Waals surface area contributed by atoms with Crippen LogP contribution in [0.25, 0.3) is 10.9 Å². The summed E-state index contributed by atoms with van der Waals surface area (Å²) >= 11 is 0. The van der Waals surface area contributed by atoms with Gasteiger partial charge in [0.15, 0.2) is 5.84 Å². The number of nitrogens with one attached hydrogen (secondary N) is 2. The summed E-state index contributed by atoms with van der Waals surface area (Å²) in [6, 6.07) is 9.40. The lowest BCUT2D eigenvalue weighted by molar-refractivity contribution is -0.124. The molecule has 1 unspecified atom stereocenters. The van der Waals surface area contributed by atoms with Crippen molar-refractivity contribution in [3.8, 4) is 0 Å². The van der Waals surface area contributed by atoms with Crippen LogP contribution < -0.4 is 10.6 Å². The van der Waals surface area contributed by atoms with Gasteiger partial charge < -0.3 is 10.6 Å². The first-order valence-corrected chi connectivity index (χ1v) is 8.96. The van der Waals surface area contributed by atoms with Crippen LogP contribution >= 0.6 is 0 Å². The Morgan fingerprint density at radius 1 is 1.31 bits per heavy atom. The number of benzene rings is 1. The summed E-state index contributed by atoms with van der Waals surface area (Å²) in [5.74, 6) is 0.00371. The fraction of sp³-hybridized carbons (Fsp3) is 0.400. The van der Waals surface area contributed by atoms with Crippen molar-refractivity contribution in [2.45, 2.75) is 39.7 Å². The number of para-hydroxylation sites is 1. The van der Waals surface area contributed by atoms with Crippen LogP contribution in [0.2, 0.25) is 0 Å². The number of carbonyl (C=O) groups excluding carboxylic acids is 2. The van der Waals surface area contributed by atoms with Crippen molar-refractivity contribution in [1.29, 1.82) is 0 Å². The zero-order valence-corrected chi connectivity index (χ0v) is 15.6. The zero-order chi connectivity index (χ0) is 18.9. The number of aliphatic imine (C=N–C) groups is 1. The summed E-state index contributed by atoms with van der Waals surface area (Å²) in [5.41, 5.74) is 0.726. The number of rotatable bonds is 5. The molecule has 1 aromatic heterocycles. The average Bonchev–Trinajstić information content (AvgIpc) is 2.94. The van der Waals surface area contributed by atoms with Crippen molar-refractivity contribution in [2.24, 2.45) is 10.9 Å². The van der Waals surface area contributed by atoms with E-state index in [9.17, 15) is 9.59 Å². The Morgan fingerprint density at radius 2 is 2.04 bits per heavy atom. The number of amidine groups is 1. The number of aromatic nitrogens is 1. The summed E-state index contributed by atoms with van der Waals surface area (Å²) in [6.45, 7) is 8.28. The van der Waals surface area contributed by atoms with Gasteiger partial charge in [-0.3, -0.25) is 9.59 Å². The molecule has 3 rings (SSSR count). The van der Waals surface area contributed by atoms with E-state index < -0.39 is 5.54 Å². The third-order valence-electron chi connectivity index (χ3n) is 4.89. The predicted molar refractivity (Wildman–Crippen MR) is 102 cm³/mol.